The van der Waals surface area contributed by atoms with E-state index in [1.807, 2.05) is 17.7 Å². The maximum atomic E-state index is 9.38. The largest absolute Gasteiger partial charge is 0.396 e. The topological polar surface area (TPSA) is 75.9 Å². The summed E-state index contributed by atoms with van der Waals surface area (Å²) in [5.74, 6) is 0.611. The van der Waals surface area contributed by atoms with Crippen molar-refractivity contribution in [1.82, 2.24) is 19.7 Å². The molecule has 0 atom stereocenters. The highest BCUT2D eigenvalue weighted by Crippen LogP contribution is 2.44. The Morgan fingerprint density at radius 2 is 2.14 bits per heavy atom. The van der Waals surface area contributed by atoms with Crippen LogP contribution in [0, 0.1) is 19.3 Å². The van der Waals surface area contributed by atoms with Crippen LogP contribution in [0.5, 0.6) is 0 Å². The molecule has 0 radical (unpaired) electrons. The summed E-state index contributed by atoms with van der Waals surface area (Å²) in [5, 5.41) is 17.2. The van der Waals surface area contributed by atoms with E-state index in [-0.39, 0.29) is 12.0 Å². The van der Waals surface area contributed by atoms with Gasteiger partial charge in [0.1, 0.15) is 0 Å². The van der Waals surface area contributed by atoms with Crippen LogP contribution in [-0.2, 0) is 6.54 Å². The Bertz CT molecular complexity index is 675. The van der Waals surface area contributed by atoms with Crippen LogP contribution in [0.1, 0.15) is 31.2 Å². The van der Waals surface area contributed by atoms with Gasteiger partial charge in [-0.2, -0.15) is 5.10 Å². The molecule has 1 aliphatic carbocycles. The third-order valence-electron chi connectivity index (χ3n) is 4.51. The van der Waals surface area contributed by atoms with Gasteiger partial charge in [0.2, 0.25) is 5.95 Å². The standard InChI is InChI=1S/C16H23N5O/c1-4-21-12(3)14(11(2)20-21)13-5-8-17-15(19-13)18-9-16(10-22)6-7-16/h5,8,22H,4,6-7,9-10H2,1-3H3,(H,17,18,19). The predicted octanol–water partition coefficient (Wildman–Crippen LogP) is 2.16. The van der Waals surface area contributed by atoms with Crippen molar-refractivity contribution in [3.05, 3.63) is 23.7 Å². The second-order valence-electron chi connectivity index (χ2n) is 6.14. The van der Waals surface area contributed by atoms with E-state index in [0.29, 0.717) is 5.95 Å². The van der Waals surface area contributed by atoms with Crippen molar-refractivity contribution in [2.24, 2.45) is 5.41 Å². The van der Waals surface area contributed by atoms with Crippen LogP contribution >= 0.6 is 0 Å². The number of nitrogens with one attached hydrogen (secondary N) is 1. The van der Waals surface area contributed by atoms with Gasteiger partial charge in [0.25, 0.3) is 0 Å². The Hall–Kier alpha value is -1.95. The van der Waals surface area contributed by atoms with Gasteiger partial charge < -0.3 is 10.4 Å². The lowest BCUT2D eigenvalue weighted by Crippen LogP contribution is -2.20. The summed E-state index contributed by atoms with van der Waals surface area (Å²) in [6, 6.07) is 1.92. The van der Waals surface area contributed by atoms with Crippen molar-refractivity contribution in [1.29, 1.82) is 0 Å². The van der Waals surface area contributed by atoms with Gasteiger partial charge in [0.05, 0.1) is 18.0 Å². The Morgan fingerprint density at radius 3 is 2.73 bits per heavy atom. The minimum Gasteiger partial charge on any atom is -0.396 e. The van der Waals surface area contributed by atoms with Gasteiger partial charge in [0.15, 0.2) is 0 Å². The lowest BCUT2D eigenvalue weighted by atomic mass is 10.1. The van der Waals surface area contributed by atoms with Gasteiger partial charge in [-0.15, -0.1) is 0 Å². The number of rotatable bonds is 6. The summed E-state index contributed by atoms with van der Waals surface area (Å²) < 4.78 is 1.99. The summed E-state index contributed by atoms with van der Waals surface area (Å²) in [6.45, 7) is 7.95. The number of aliphatic hydroxyl groups excluding tert-OH is 1. The average molecular weight is 301 g/mol. The number of nitrogens with zero attached hydrogens (tertiary/aromatic N) is 4. The molecule has 6 heteroatoms. The highest BCUT2D eigenvalue weighted by Gasteiger charge is 2.41. The minimum atomic E-state index is 0.0400. The van der Waals surface area contributed by atoms with E-state index in [0.717, 1.165) is 48.6 Å². The van der Waals surface area contributed by atoms with Gasteiger partial charge in [0, 0.05) is 36.0 Å². The number of aliphatic hydroxyl groups is 1. The van der Waals surface area contributed by atoms with Gasteiger partial charge >= 0.3 is 0 Å². The molecule has 0 aromatic carbocycles. The van der Waals surface area contributed by atoms with Gasteiger partial charge in [-0.1, -0.05) is 0 Å². The van der Waals surface area contributed by atoms with Crippen LogP contribution in [-0.4, -0.2) is 38.0 Å². The summed E-state index contributed by atoms with van der Waals surface area (Å²) in [4.78, 5) is 8.91. The molecule has 0 spiro atoms. The highest BCUT2D eigenvalue weighted by atomic mass is 16.3. The van der Waals surface area contributed by atoms with E-state index in [2.05, 4.69) is 34.2 Å². The first-order valence-electron chi connectivity index (χ1n) is 7.81. The molecule has 2 N–H and O–H groups in total. The van der Waals surface area contributed by atoms with Crippen LogP contribution in [0.4, 0.5) is 5.95 Å². The van der Waals surface area contributed by atoms with Gasteiger partial charge in [-0.3, -0.25) is 4.68 Å². The van der Waals surface area contributed by atoms with Crippen molar-refractivity contribution < 1.29 is 5.11 Å². The molecular formula is C16H23N5O. The molecule has 2 aromatic rings. The van der Waals surface area contributed by atoms with E-state index in [1.54, 1.807) is 6.20 Å². The molecule has 0 bridgehead atoms. The fourth-order valence-corrected chi connectivity index (χ4v) is 2.79. The van der Waals surface area contributed by atoms with E-state index in [9.17, 15) is 5.11 Å². The molecule has 22 heavy (non-hydrogen) atoms. The number of aromatic nitrogens is 4. The zero-order chi connectivity index (χ0) is 15.7. The summed E-state index contributed by atoms with van der Waals surface area (Å²) >= 11 is 0. The predicted molar refractivity (Wildman–Crippen MR) is 85.6 cm³/mol. The molecular weight excluding hydrogens is 278 g/mol. The van der Waals surface area contributed by atoms with E-state index in [1.165, 1.54) is 0 Å². The first-order valence-corrected chi connectivity index (χ1v) is 7.81. The van der Waals surface area contributed by atoms with Crippen LogP contribution in [0.3, 0.4) is 0 Å². The fraction of sp³-hybridized carbons (Fsp3) is 0.562. The molecule has 1 fully saturated rings. The fourth-order valence-electron chi connectivity index (χ4n) is 2.79. The zero-order valence-electron chi connectivity index (χ0n) is 13.4. The molecule has 0 amide bonds. The number of hydrogen-bond acceptors (Lipinski definition) is 5. The lowest BCUT2D eigenvalue weighted by Gasteiger charge is -2.13. The van der Waals surface area contributed by atoms with Crippen LogP contribution in [0.2, 0.25) is 0 Å². The smallest absolute Gasteiger partial charge is 0.223 e. The van der Waals surface area contributed by atoms with Gasteiger partial charge in [-0.05, 0) is 39.7 Å². The van der Waals surface area contributed by atoms with Crippen molar-refractivity contribution >= 4 is 5.95 Å². The Balaban J connectivity index is 1.83. The Kier molecular flexibility index (Phi) is 3.87. The molecule has 0 saturated heterocycles. The third-order valence-corrected chi connectivity index (χ3v) is 4.51. The molecule has 1 saturated carbocycles. The maximum Gasteiger partial charge on any atom is 0.223 e. The molecule has 0 aliphatic heterocycles. The lowest BCUT2D eigenvalue weighted by molar-refractivity contribution is 0.219. The van der Waals surface area contributed by atoms with Crippen LogP contribution < -0.4 is 5.32 Å². The number of anilines is 1. The number of aryl methyl sites for hydroxylation is 2. The van der Waals surface area contributed by atoms with E-state index < -0.39 is 0 Å². The summed E-state index contributed by atoms with van der Waals surface area (Å²) in [5.41, 5.74) is 4.12. The Labute approximate surface area is 130 Å². The second kappa shape index (κ2) is 5.68. The first-order chi connectivity index (χ1) is 10.6. The SMILES string of the molecule is CCn1nc(C)c(-c2ccnc(NCC3(CO)CC3)n2)c1C. The van der Waals surface area contributed by atoms with Crippen molar-refractivity contribution in [2.45, 2.75) is 40.2 Å². The van der Waals surface area contributed by atoms with Crippen LogP contribution in [0.15, 0.2) is 12.3 Å². The highest BCUT2D eigenvalue weighted by molar-refractivity contribution is 5.65. The van der Waals surface area contributed by atoms with E-state index in [4.69, 9.17) is 0 Å². The summed E-state index contributed by atoms with van der Waals surface area (Å²) in [7, 11) is 0. The van der Waals surface area contributed by atoms with Gasteiger partial charge in [-0.25, -0.2) is 9.97 Å². The number of hydrogen-bond donors (Lipinski definition) is 2. The minimum absolute atomic E-state index is 0.0400. The molecule has 3 rings (SSSR count). The van der Waals surface area contributed by atoms with Crippen molar-refractivity contribution in [3.63, 3.8) is 0 Å². The average Bonchev–Trinajstić information content (AvgIpc) is 3.26. The zero-order valence-corrected chi connectivity index (χ0v) is 13.4. The molecule has 2 aromatic heterocycles. The molecule has 0 unspecified atom stereocenters. The van der Waals surface area contributed by atoms with Crippen LogP contribution in [0.25, 0.3) is 11.3 Å². The van der Waals surface area contributed by atoms with Crippen molar-refractivity contribution in [3.8, 4) is 11.3 Å². The normalized spacial score (nSPS) is 15.8. The monoisotopic (exact) mass is 301 g/mol. The maximum absolute atomic E-state index is 9.38. The molecule has 1 aliphatic rings. The Morgan fingerprint density at radius 1 is 1.36 bits per heavy atom. The quantitative estimate of drug-likeness (QED) is 0.855. The molecule has 6 nitrogen and oxygen atoms in total. The molecule has 2 heterocycles. The summed E-state index contributed by atoms with van der Waals surface area (Å²) in [6.07, 6.45) is 3.90. The third kappa shape index (κ3) is 2.70. The molecule has 118 valence electrons. The second-order valence-corrected chi connectivity index (χ2v) is 6.14. The van der Waals surface area contributed by atoms with Crippen molar-refractivity contribution in [2.75, 3.05) is 18.5 Å². The van der Waals surface area contributed by atoms with E-state index >= 15 is 0 Å². The first kappa shape index (κ1) is 15.0.